The Bertz CT molecular complexity index is 18.3. The monoisotopic (exact) mass is 253 g/mol. The molecule has 0 saturated heterocycles. The minimum absolute atomic E-state index is 0. The van der Waals surface area contributed by atoms with E-state index in [9.17, 15) is 0 Å². The van der Waals surface area contributed by atoms with Gasteiger partial charge in [-0.3, -0.25) is 0 Å². The van der Waals surface area contributed by atoms with E-state index in [0.717, 1.165) is 6.41 Å². The van der Waals surface area contributed by atoms with E-state index in [4.69, 9.17) is 4.79 Å². The van der Waals surface area contributed by atoms with Crippen LogP contribution in [0.2, 0.25) is 0 Å². The summed E-state index contributed by atoms with van der Waals surface area (Å²) < 4.78 is 0. The molecule has 0 rings (SSSR count). The van der Waals surface area contributed by atoms with E-state index in [1.807, 2.05) is 0 Å². The largest absolute Gasteiger partial charge is 0.543 e. The first-order valence-corrected chi connectivity index (χ1v) is 1.20. The first kappa shape index (κ1) is 16.2. The molecule has 36 valence electrons. The van der Waals surface area contributed by atoms with E-state index in [-0.39, 0.29) is 25.8 Å². The number of hydrogen-bond donors (Lipinski definition) is 1. The van der Waals surface area contributed by atoms with Crippen LogP contribution in [0.4, 0.5) is 0 Å². The van der Waals surface area contributed by atoms with Gasteiger partial charge in [-0.1, -0.05) is 0 Å². The van der Waals surface area contributed by atoms with Crippen LogP contribution in [0.3, 0.4) is 0 Å². The molecule has 0 aromatic rings. The van der Waals surface area contributed by atoms with Crippen LogP contribution in [0, 0.1) is 6.92 Å². The number of primary amides is 1. The van der Waals surface area contributed by atoms with Crippen LogP contribution in [-0.4, -0.2) is 6.41 Å². The number of amides is 1. The normalized spacial score (nSPS) is 3.00. The van der Waals surface area contributed by atoms with Gasteiger partial charge in [-0.25, -0.2) is 0 Å². The molecule has 0 aliphatic heterocycles. The van der Waals surface area contributed by atoms with Crippen molar-refractivity contribution in [2.24, 2.45) is 5.73 Å². The molecule has 0 bridgehead atoms. The van der Waals surface area contributed by atoms with Gasteiger partial charge in [0, 0.05) is 25.8 Å². The van der Waals surface area contributed by atoms with Gasteiger partial charge in [0.2, 0.25) is 0 Å². The van der Waals surface area contributed by atoms with Crippen molar-refractivity contribution in [3.8, 4) is 0 Å². The first-order valence-electron chi connectivity index (χ1n) is 1.20. The molecule has 6 heavy (non-hydrogen) atoms. The maximum absolute atomic E-state index is 8.46. The van der Waals surface area contributed by atoms with Crippen LogP contribution in [0.1, 0.15) is 6.92 Å². The standard InChI is InChI=1S/C2H5.CH2NO.Hf/c1-2;2-1-3;/h1H2,2H3;(H2,2,3);/q2*-1;. The quantitative estimate of drug-likeness (QED) is 0.363. The van der Waals surface area contributed by atoms with Crippen LogP contribution in [0.25, 0.3) is 0 Å². The molecular formula is C3H7HfNO-2. The van der Waals surface area contributed by atoms with Gasteiger partial charge in [0.1, 0.15) is 0 Å². The van der Waals surface area contributed by atoms with Crippen LogP contribution in [0.5, 0.6) is 0 Å². The molecule has 0 aliphatic rings. The Kier molecular flexibility index (Phi) is 151. The van der Waals surface area contributed by atoms with Crippen molar-refractivity contribution in [3.63, 3.8) is 0 Å². The van der Waals surface area contributed by atoms with Crippen LogP contribution >= 0.6 is 0 Å². The summed E-state index contributed by atoms with van der Waals surface area (Å²) in [5.41, 5.74) is 4.04. The van der Waals surface area contributed by atoms with Crippen molar-refractivity contribution >= 4 is 6.41 Å². The fourth-order valence-corrected chi connectivity index (χ4v) is 0. The van der Waals surface area contributed by atoms with Gasteiger partial charge in [-0.05, 0) is 0 Å². The Morgan fingerprint density at radius 3 is 1.67 bits per heavy atom. The van der Waals surface area contributed by atoms with E-state index >= 15 is 0 Å². The molecule has 0 unspecified atom stereocenters. The van der Waals surface area contributed by atoms with Crippen LogP contribution in [0.15, 0.2) is 0 Å². The Morgan fingerprint density at radius 1 is 1.67 bits per heavy atom. The molecule has 0 saturated carbocycles. The molecule has 2 nitrogen and oxygen atoms in total. The van der Waals surface area contributed by atoms with Crippen LogP contribution in [-0.2, 0) is 30.6 Å². The van der Waals surface area contributed by atoms with Gasteiger partial charge in [-0.15, -0.1) is 0 Å². The minimum Gasteiger partial charge on any atom is -0.543 e. The summed E-state index contributed by atoms with van der Waals surface area (Å²) in [6.45, 7) is 5.00. The molecule has 0 spiro atoms. The molecule has 0 fully saturated rings. The number of carbonyl (C=O) groups excluding carboxylic acids is 1. The van der Waals surface area contributed by atoms with Gasteiger partial charge >= 0.3 is 0 Å². The molecule has 3 heteroatoms. The Hall–Kier alpha value is 0.340. The molecule has 0 aromatic heterocycles. The molecular weight excluding hydrogens is 245 g/mol. The third kappa shape index (κ3) is 419. The second-order valence-electron chi connectivity index (χ2n) is 0.118. The third-order valence-electron chi connectivity index (χ3n) is 0. The zero-order valence-electron chi connectivity index (χ0n) is 3.69. The minimum atomic E-state index is 0. The number of rotatable bonds is 0. The van der Waals surface area contributed by atoms with E-state index in [0.29, 0.717) is 0 Å². The number of hydrogen-bond acceptors (Lipinski definition) is 1. The average Bonchev–Trinajstić information content (AvgIpc) is 1.46. The molecule has 0 aromatic carbocycles. The van der Waals surface area contributed by atoms with Crippen molar-refractivity contribution in [2.45, 2.75) is 6.92 Å². The maximum Gasteiger partial charge on any atom is 0 e. The summed E-state index contributed by atoms with van der Waals surface area (Å²) in [5, 5.41) is 0. The van der Waals surface area contributed by atoms with Crippen molar-refractivity contribution in [1.29, 1.82) is 0 Å². The Morgan fingerprint density at radius 2 is 1.67 bits per heavy atom. The SMILES string of the molecule is N[C-]=O.[CH2-]C.[Hf]. The van der Waals surface area contributed by atoms with Gasteiger partial charge in [0.15, 0.2) is 0 Å². The first-order chi connectivity index (χ1) is 2.41. The fraction of sp³-hybridized carbons (Fsp3) is 0.333. The predicted molar refractivity (Wildman–Crippen MR) is 20.9 cm³/mol. The molecule has 0 heterocycles. The molecule has 0 atom stereocenters. The van der Waals surface area contributed by atoms with E-state index in [1.165, 1.54) is 0 Å². The molecule has 2 N–H and O–H groups in total. The number of nitrogens with two attached hydrogens (primary N) is 1. The van der Waals surface area contributed by atoms with Gasteiger partial charge in [-0.2, -0.15) is 13.3 Å². The van der Waals surface area contributed by atoms with Crippen LogP contribution < -0.4 is 5.73 Å². The maximum atomic E-state index is 8.46. The van der Waals surface area contributed by atoms with Crippen molar-refractivity contribution in [3.05, 3.63) is 6.92 Å². The summed E-state index contributed by atoms with van der Waals surface area (Å²) in [4.78, 5) is 8.46. The van der Waals surface area contributed by atoms with E-state index in [2.05, 4.69) is 12.7 Å². The van der Waals surface area contributed by atoms with Gasteiger partial charge < -0.3 is 17.5 Å². The van der Waals surface area contributed by atoms with Crippen molar-refractivity contribution in [2.75, 3.05) is 0 Å². The fourth-order valence-electron chi connectivity index (χ4n) is 0. The zero-order valence-corrected chi connectivity index (χ0v) is 7.29. The summed E-state index contributed by atoms with van der Waals surface area (Å²) >= 11 is 0. The summed E-state index contributed by atoms with van der Waals surface area (Å²) in [7, 11) is 0. The predicted octanol–water partition coefficient (Wildman–Crippen LogP) is -0.150. The summed E-state index contributed by atoms with van der Waals surface area (Å²) in [6, 6.07) is 0. The van der Waals surface area contributed by atoms with E-state index < -0.39 is 0 Å². The molecule has 0 radical (unpaired) electrons. The average molecular weight is 252 g/mol. The van der Waals surface area contributed by atoms with E-state index in [1.54, 1.807) is 6.92 Å². The smallest absolute Gasteiger partial charge is 0 e. The van der Waals surface area contributed by atoms with Crippen molar-refractivity contribution in [1.82, 2.24) is 0 Å². The van der Waals surface area contributed by atoms with Gasteiger partial charge in [0.25, 0.3) is 0 Å². The Labute approximate surface area is 56.9 Å². The summed E-state index contributed by atoms with van der Waals surface area (Å²) in [5.74, 6) is 0. The molecule has 0 aliphatic carbocycles. The summed E-state index contributed by atoms with van der Waals surface area (Å²) in [6.07, 6.45) is 1.00. The van der Waals surface area contributed by atoms with Crippen molar-refractivity contribution < 1.29 is 30.6 Å². The molecule has 1 amide bonds. The second-order valence-corrected chi connectivity index (χ2v) is 0.118. The Balaban J connectivity index is -0.0000000275. The topological polar surface area (TPSA) is 43.1 Å². The van der Waals surface area contributed by atoms with Gasteiger partial charge in [0.05, 0.1) is 0 Å². The zero-order chi connectivity index (χ0) is 4.71. The second kappa shape index (κ2) is 56.0. The third-order valence-corrected chi connectivity index (χ3v) is 0.